The van der Waals surface area contributed by atoms with Gasteiger partial charge in [-0.25, -0.2) is 0 Å². The molecule has 0 aromatic heterocycles. The smallest absolute Gasteiger partial charge is 0.279 e. The van der Waals surface area contributed by atoms with Crippen molar-refractivity contribution in [2.24, 2.45) is 0 Å². The predicted octanol–water partition coefficient (Wildman–Crippen LogP) is 2.41. The Morgan fingerprint density at radius 2 is 1.79 bits per heavy atom. The highest BCUT2D eigenvalue weighted by atomic mass is 79.9. The number of hydrogen-bond acceptors (Lipinski definition) is 4. The first-order chi connectivity index (χ1) is 13.3. The van der Waals surface area contributed by atoms with E-state index in [2.05, 4.69) is 32.1 Å². The maximum atomic E-state index is 12.1. The lowest BCUT2D eigenvalue weighted by Gasteiger charge is -2.17. The molecule has 3 N–H and O–H groups in total. The van der Waals surface area contributed by atoms with Crippen molar-refractivity contribution in [3.63, 3.8) is 0 Å². The summed E-state index contributed by atoms with van der Waals surface area (Å²) in [7, 11) is 0. The van der Waals surface area contributed by atoms with Crippen LogP contribution in [0.25, 0.3) is 0 Å². The highest BCUT2D eigenvalue weighted by Crippen LogP contribution is 2.21. The molecule has 0 saturated heterocycles. The molecule has 2 aromatic rings. The molecule has 0 aliphatic heterocycles. The number of benzene rings is 2. The lowest BCUT2D eigenvalue weighted by molar-refractivity contribution is -0.132. The summed E-state index contributed by atoms with van der Waals surface area (Å²) in [6, 6.07) is 12.4. The second-order valence-electron chi connectivity index (χ2n) is 6.19. The van der Waals surface area contributed by atoms with Gasteiger partial charge >= 0.3 is 0 Å². The number of hydrogen-bond donors (Lipinski definition) is 3. The molecule has 3 amide bonds. The van der Waals surface area contributed by atoms with Crippen molar-refractivity contribution < 1.29 is 19.1 Å². The highest BCUT2D eigenvalue weighted by molar-refractivity contribution is 9.10. The minimum Gasteiger partial charge on any atom is -0.481 e. The predicted molar refractivity (Wildman–Crippen MR) is 109 cm³/mol. The molecule has 1 atom stereocenters. The van der Waals surface area contributed by atoms with E-state index in [9.17, 15) is 14.4 Å². The van der Waals surface area contributed by atoms with Crippen LogP contribution in [0.2, 0.25) is 0 Å². The fraction of sp³-hybridized carbons (Fsp3) is 0.250. The molecule has 2 rings (SSSR count). The molecular formula is C20H22BrN3O4. The monoisotopic (exact) mass is 447 g/mol. The number of halogens is 1. The Hall–Kier alpha value is -2.87. The Morgan fingerprint density at radius 3 is 2.50 bits per heavy atom. The van der Waals surface area contributed by atoms with Crippen LogP contribution in [-0.2, 0) is 9.59 Å². The lowest BCUT2D eigenvalue weighted by atomic mass is 10.1. The fourth-order valence-corrected chi connectivity index (χ4v) is 2.66. The second kappa shape index (κ2) is 9.89. The van der Waals surface area contributed by atoms with Gasteiger partial charge in [0.15, 0.2) is 6.10 Å². The maximum Gasteiger partial charge on any atom is 0.279 e. The lowest BCUT2D eigenvalue weighted by Crippen LogP contribution is -2.50. The van der Waals surface area contributed by atoms with Crippen LogP contribution in [0.15, 0.2) is 46.9 Å². The van der Waals surface area contributed by atoms with Crippen molar-refractivity contribution in [3.05, 3.63) is 63.6 Å². The van der Waals surface area contributed by atoms with Crippen LogP contribution in [-0.4, -0.2) is 30.4 Å². The molecule has 148 valence electrons. The van der Waals surface area contributed by atoms with Crippen LogP contribution >= 0.6 is 15.9 Å². The van der Waals surface area contributed by atoms with Crippen LogP contribution in [0, 0.1) is 13.8 Å². The Bertz CT molecular complexity index is 886. The van der Waals surface area contributed by atoms with E-state index >= 15 is 0 Å². The van der Waals surface area contributed by atoms with Gasteiger partial charge in [-0.1, -0.05) is 34.1 Å². The maximum absolute atomic E-state index is 12.1. The summed E-state index contributed by atoms with van der Waals surface area (Å²) in [6.45, 7) is 5.16. The average molecular weight is 448 g/mol. The van der Waals surface area contributed by atoms with Crippen molar-refractivity contribution in [2.75, 3.05) is 6.54 Å². The average Bonchev–Trinajstić information content (AvgIpc) is 2.67. The van der Waals surface area contributed by atoms with Crippen LogP contribution in [0.4, 0.5) is 0 Å². The summed E-state index contributed by atoms with van der Waals surface area (Å²) in [5.74, 6) is -0.854. The molecule has 7 nitrogen and oxygen atoms in total. The molecule has 0 heterocycles. The molecule has 0 aliphatic rings. The van der Waals surface area contributed by atoms with Crippen LogP contribution in [0.1, 0.15) is 28.4 Å². The van der Waals surface area contributed by atoms with Crippen molar-refractivity contribution >= 4 is 33.7 Å². The first-order valence-corrected chi connectivity index (χ1v) is 9.42. The van der Waals surface area contributed by atoms with E-state index in [0.717, 1.165) is 15.6 Å². The number of amides is 3. The van der Waals surface area contributed by atoms with Crippen molar-refractivity contribution in [2.45, 2.75) is 26.9 Å². The standard InChI is InChI=1S/C20H22BrN3O4/c1-12-6-4-9-17(13(12)2)28-14(3)19(26)24-23-18(25)11-22-20(27)15-7-5-8-16(21)10-15/h4-10,14H,11H2,1-3H3,(H,22,27)(H,23,25)(H,24,26). The number of nitrogens with one attached hydrogen (secondary N) is 3. The van der Waals surface area contributed by atoms with Crippen LogP contribution in [0.5, 0.6) is 5.75 Å². The van der Waals surface area contributed by atoms with E-state index in [4.69, 9.17) is 4.74 Å². The Kier molecular flexibility index (Phi) is 7.57. The summed E-state index contributed by atoms with van der Waals surface area (Å²) < 4.78 is 6.41. The first-order valence-electron chi connectivity index (χ1n) is 8.63. The summed E-state index contributed by atoms with van der Waals surface area (Å²) in [4.78, 5) is 35.9. The van der Waals surface area contributed by atoms with E-state index in [-0.39, 0.29) is 6.54 Å². The zero-order chi connectivity index (χ0) is 20.7. The van der Waals surface area contributed by atoms with Gasteiger partial charge < -0.3 is 10.1 Å². The number of carbonyl (C=O) groups is 3. The zero-order valence-corrected chi connectivity index (χ0v) is 17.4. The molecule has 0 fully saturated rings. The van der Waals surface area contributed by atoms with Crippen molar-refractivity contribution in [3.8, 4) is 5.75 Å². The molecular weight excluding hydrogens is 426 g/mol. The third-order valence-corrected chi connectivity index (χ3v) is 4.54. The summed E-state index contributed by atoms with van der Waals surface area (Å²) >= 11 is 3.28. The largest absolute Gasteiger partial charge is 0.481 e. The zero-order valence-electron chi connectivity index (χ0n) is 15.8. The Labute approximate surface area is 171 Å². The van der Waals surface area contributed by atoms with Crippen LogP contribution < -0.4 is 20.9 Å². The van der Waals surface area contributed by atoms with Crippen LogP contribution in [0.3, 0.4) is 0 Å². The first kappa shape index (κ1) is 21.4. The quantitative estimate of drug-likeness (QED) is 0.592. The van der Waals surface area contributed by atoms with Gasteiger partial charge in [-0.05, 0) is 56.2 Å². The summed E-state index contributed by atoms with van der Waals surface area (Å²) in [5, 5.41) is 2.48. The van der Waals surface area contributed by atoms with Gasteiger partial charge in [-0.15, -0.1) is 0 Å². The molecule has 0 saturated carbocycles. The molecule has 1 unspecified atom stereocenters. The van der Waals surface area contributed by atoms with Gasteiger partial charge in [0, 0.05) is 10.0 Å². The SMILES string of the molecule is Cc1cccc(OC(C)C(=O)NNC(=O)CNC(=O)c2cccc(Br)c2)c1C. The van der Waals surface area contributed by atoms with Gasteiger partial charge in [0.25, 0.3) is 17.7 Å². The summed E-state index contributed by atoms with van der Waals surface area (Å²) in [5.41, 5.74) is 6.96. The topological polar surface area (TPSA) is 96.5 Å². The number of aryl methyl sites for hydroxylation is 1. The number of carbonyl (C=O) groups excluding carboxylic acids is 3. The van der Waals surface area contributed by atoms with E-state index in [1.54, 1.807) is 37.3 Å². The third kappa shape index (κ3) is 6.09. The molecule has 0 radical (unpaired) electrons. The van der Waals surface area contributed by atoms with E-state index < -0.39 is 23.8 Å². The molecule has 2 aromatic carbocycles. The Morgan fingerprint density at radius 1 is 1.07 bits per heavy atom. The second-order valence-corrected chi connectivity index (χ2v) is 7.10. The molecule has 0 aliphatic carbocycles. The molecule has 28 heavy (non-hydrogen) atoms. The van der Waals surface area contributed by atoms with E-state index in [1.807, 2.05) is 26.0 Å². The normalized spacial score (nSPS) is 11.3. The van der Waals surface area contributed by atoms with Gasteiger partial charge in [0.05, 0.1) is 6.54 Å². The van der Waals surface area contributed by atoms with E-state index in [0.29, 0.717) is 11.3 Å². The molecule has 8 heteroatoms. The van der Waals surface area contributed by atoms with Gasteiger partial charge in [-0.2, -0.15) is 0 Å². The molecule has 0 bridgehead atoms. The fourth-order valence-electron chi connectivity index (χ4n) is 2.27. The third-order valence-electron chi connectivity index (χ3n) is 4.05. The summed E-state index contributed by atoms with van der Waals surface area (Å²) in [6.07, 6.45) is -0.808. The van der Waals surface area contributed by atoms with Gasteiger partial charge in [0.1, 0.15) is 5.75 Å². The van der Waals surface area contributed by atoms with Crippen molar-refractivity contribution in [1.82, 2.24) is 16.2 Å². The Balaban J connectivity index is 1.77. The minimum absolute atomic E-state index is 0.280. The highest BCUT2D eigenvalue weighted by Gasteiger charge is 2.17. The number of ether oxygens (including phenoxy) is 1. The molecule has 0 spiro atoms. The van der Waals surface area contributed by atoms with Gasteiger partial charge in [-0.3, -0.25) is 25.2 Å². The number of hydrazine groups is 1. The van der Waals surface area contributed by atoms with Crippen molar-refractivity contribution in [1.29, 1.82) is 0 Å². The number of rotatable bonds is 6. The van der Waals surface area contributed by atoms with Gasteiger partial charge in [0.2, 0.25) is 0 Å². The minimum atomic E-state index is -0.808. The van der Waals surface area contributed by atoms with E-state index in [1.165, 1.54) is 0 Å².